The van der Waals surface area contributed by atoms with Crippen LogP contribution in [0.2, 0.25) is 0 Å². The lowest BCUT2D eigenvalue weighted by molar-refractivity contribution is -0.161. The number of hydrogen-bond donors (Lipinski definition) is 3. The molecule has 0 radical (unpaired) electrons. The first-order chi connectivity index (χ1) is 43.3. The van der Waals surface area contributed by atoms with Crippen LogP contribution in [0, 0.1) is 17.8 Å². The number of carbonyl (C=O) groups excluding carboxylic acids is 4. The van der Waals surface area contributed by atoms with E-state index in [4.69, 9.17) is 37.0 Å². The minimum atomic E-state index is -4.95. The lowest BCUT2D eigenvalue weighted by atomic mass is 9.99. The molecule has 90 heavy (non-hydrogen) atoms. The monoisotopic (exact) mass is 1320 g/mol. The number of phosphoric ester groups is 2. The number of esters is 4. The fraction of sp³-hybridized carbons (Fsp3) is 0.944. The topological polar surface area (TPSA) is 237 Å². The van der Waals surface area contributed by atoms with Gasteiger partial charge in [0.25, 0.3) is 0 Å². The zero-order valence-corrected chi connectivity index (χ0v) is 60.4. The molecule has 0 aliphatic carbocycles. The number of hydrogen-bond acceptors (Lipinski definition) is 15. The molecule has 3 N–H and O–H groups in total. The molecule has 0 saturated carbocycles. The summed E-state index contributed by atoms with van der Waals surface area (Å²) in [5, 5.41) is 10.6. The summed E-state index contributed by atoms with van der Waals surface area (Å²) in [6.07, 6.45) is 45.7. The molecule has 6 atom stereocenters. The van der Waals surface area contributed by atoms with Gasteiger partial charge in [0.15, 0.2) is 12.2 Å². The standard InChI is InChI=1S/C71H138O17P2/c1-8-10-11-12-13-21-31-38-45-52-68(73)81-58-67(88-71(76)55-48-41-34-27-26-30-37-44-51-64(7)9-2)61-86-90(79,80)84-57-65(72)56-83-89(77,78)85-60-66(59-82-69(74)53-46-39-32-24-20-19-23-29-36-43-50-63(5)6)87-70(75)54-47-40-33-25-18-16-14-15-17-22-28-35-42-49-62(3)4/h62-67,72H,8-61H2,1-7H3,(H,77,78)(H,79,80)/t64?,65-,66-,67-/m1/s1. The second-order valence-corrected chi connectivity index (χ2v) is 29.7. The summed E-state index contributed by atoms with van der Waals surface area (Å²) in [6, 6.07) is 0. The fourth-order valence-corrected chi connectivity index (χ4v) is 12.3. The van der Waals surface area contributed by atoms with Gasteiger partial charge in [0.1, 0.15) is 19.3 Å². The summed E-state index contributed by atoms with van der Waals surface area (Å²) in [5.41, 5.74) is 0. The molecular formula is C71H138O17P2. The van der Waals surface area contributed by atoms with Crippen molar-refractivity contribution in [3.05, 3.63) is 0 Å². The molecule has 17 nitrogen and oxygen atoms in total. The number of unbranched alkanes of at least 4 members (excludes halogenated alkanes) is 36. The first-order valence-electron chi connectivity index (χ1n) is 36.9. The van der Waals surface area contributed by atoms with Gasteiger partial charge < -0.3 is 33.8 Å². The van der Waals surface area contributed by atoms with E-state index in [9.17, 15) is 43.2 Å². The Hall–Kier alpha value is -1.94. The van der Waals surface area contributed by atoms with Crippen molar-refractivity contribution in [3.8, 4) is 0 Å². The smallest absolute Gasteiger partial charge is 0.462 e. The number of ether oxygens (including phenoxy) is 4. The Morgan fingerprint density at radius 1 is 0.322 bits per heavy atom. The molecule has 0 aliphatic rings. The Morgan fingerprint density at radius 3 is 0.844 bits per heavy atom. The van der Waals surface area contributed by atoms with E-state index in [0.717, 1.165) is 108 Å². The maximum atomic E-state index is 13.0. The van der Waals surface area contributed by atoms with Gasteiger partial charge in [0, 0.05) is 25.7 Å². The van der Waals surface area contributed by atoms with E-state index >= 15 is 0 Å². The molecule has 3 unspecified atom stereocenters. The zero-order chi connectivity index (χ0) is 66.6. The molecule has 0 heterocycles. The third-order valence-corrected chi connectivity index (χ3v) is 18.6. The molecule has 0 aromatic heterocycles. The molecule has 19 heteroatoms. The van der Waals surface area contributed by atoms with Crippen molar-refractivity contribution in [1.82, 2.24) is 0 Å². The number of aliphatic hydroxyl groups excluding tert-OH is 1. The number of aliphatic hydroxyl groups is 1. The van der Waals surface area contributed by atoms with E-state index in [1.54, 1.807) is 0 Å². The van der Waals surface area contributed by atoms with Crippen molar-refractivity contribution >= 4 is 39.5 Å². The molecule has 0 bridgehead atoms. The van der Waals surface area contributed by atoms with E-state index in [1.807, 2.05) is 0 Å². The van der Waals surface area contributed by atoms with Crippen LogP contribution < -0.4 is 0 Å². The summed E-state index contributed by atoms with van der Waals surface area (Å²) < 4.78 is 68.3. The van der Waals surface area contributed by atoms with E-state index < -0.39 is 97.5 Å². The summed E-state index contributed by atoms with van der Waals surface area (Å²) >= 11 is 0. The van der Waals surface area contributed by atoms with Gasteiger partial charge in [-0.15, -0.1) is 0 Å². The van der Waals surface area contributed by atoms with Gasteiger partial charge in [-0.3, -0.25) is 37.3 Å². The predicted molar refractivity (Wildman–Crippen MR) is 363 cm³/mol. The van der Waals surface area contributed by atoms with Gasteiger partial charge in [0.2, 0.25) is 0 Å². The lowest BCUT2D eigenvalue weighted by Crippen LogP contribution is -2.30. The molecule has 534 valence electrons. The van der Waals surface area contributed by atoms with E-state index in [-0.39, 0.29) is 25.7 Å². The summed E-state index contributed by atoms with van der Waals surface area (Å²) in [6.45, 7) is 11.9. The van der Waals surface area contributed by atoms with Crippen LogP contribution in [0.15, 0.2) is 0 Å². The average molecular weight is 1330 g/mol. The van der Waals surface area contributed by atoms with Gasteiger partial charge >= 0.3 is 39.5 Å². The maximum absolute atomic E-state index is 13.0. The van der Waals surface area contributed by atoms with Crippen molar-refractivity contribution in [2.75, 3.05) is 39.6 Å². The Labute approximate surface area is 549 Å². The van der Waals surface area contributed by atoms with Gasteiger partial charge in [-0.25, -0.2) is 9.13 Å². The van der Waals surface area contributed by atoms with Crippen LogP contribution in [0.3, 0.4) is 0 Å². The first kappa shape index (κ1) is 88.1. The van der Waals surface area contributed by atoms with E-state index in [0.29, 0.717) is 25.7 Å². The third kappa shape index (κ3) is 63.5. The highest BCUT2D eigenvalue weighted by molar-refractivity contribution is 7.47. The largest absolute Gasteiger partial charge is 0.472 e. The summed E-state index contributed by atoms with van der Waals surface area (Å²) in [4.78, 5) is 72.6. The molecule has 0 fully saturated rings. The van der Waals surface area contributed by atoms with Gasteiger partial charge in [-0.05, 0) is 43.4 Å². The van der Waals surface area contributed by atoms with Gasteiger partial charge in [-0.1, -0.05) is 305 Å². The van der Waals surface area contributed by atoms with Crippen LogP contribution in [0.25, 0.3) is 0 Å². The van der Waals surface area contributed by atoms with Crippen LogP contribution in [-0.2, 0) is 65.4 Å². The van der Waals surface area contributed by atoms with E-state index in [2.05, 4.69) is 48.5 Å². The Kier molecular flexibility index (Phi) is 60.6. The highest BCUT2D eigenvalue weighted by atomic mass is 31.2. The quantitative estimate of drug-likeness (QED) is 0.0222. The Bertz CT molecular complexity index is 1770. The van der Waals surface area contributed by atoms with Crippen molar-refractivity contribution in [2.24, 2.45) is 17.8 Å². The molecule has 0 aliphatic heterocycles. The van der Waals surface area contributed by atoms with Crippen molar-refractivity contribution in [1.29, 1.82) is 0 Å². The maximum Gasteiger partial charge on any atom is 0.472 e. The first-order valence-corrected chi connectivity index (χ1v) is 39.9. The van der Waals surface area contributed by atoms with Crippen LogP contribution in [0.4, 0.5) is 0 Å². The minimum Gasteiger partial charge on any atom is -0.462 e. The Balaban J connectivity index is 5.25. The van der Waals surface area contributed by atoms with Crippen molar-refractivity contribution in [2.45, 2.75) is 375 Å². The minimum absolute atomic E-state index is 0.105. The molecule has 0 rings (SSSR count). The number of carbonyl (C=O) groups is 4. The normalized spacial score (nSPS) is 14.5. The zero-order valence-electron chi connectivity index (χ0n) is 58.6. The van der Waals surface area contributed by atoms with Crippen molar-refractivity contribution < 1.29 is 80.2 Å². The molecule has 0 aromatic rings. The predicted octanol–water partition coefficient (Wildman–Crippen LogP) is 20.2. The second kappa shape index (κ2) is 61.9. The second-order valence-electron chi connectivity index (χ2n) is 26.8. The van der Waals surface area contributed by atoms with Crippen molar-refractivity contribution in [3.63, 3.8) is 0 Å². The van der Waals surface area contributed by atoms with Crippen LogP contribution >= 0.6 is 15.6 Å². The fourth-order valence-electron chi connectivity index (χ4n) is 10.7. The Morgan fingerprint density at radius 2 is 0.567 bits per heavy atom. The summed E-state index contributed by atoms with van der Waals surface area (Å²) in [7, 11) is -9.90. The van der Waals surface area contributed by atoms with Crippen LogP contribution in [0.1, 0.15) is 357 Å². The molecule has 0 saturated heterocycles. The van der Waals surface area contributed by atoms with Crippen LogP contribution in [0.5, 0.6) is 0 Å². The molecule has 0 aromatic carbocycles. The lowest BCUT2D eigenvalue weighted by Gasteiger charge is -2.21. The molecule has 0 amide bonds. The third-order valence-electron chi connectivity index (χ3n) is 16.7. The van der Waals surface area contributed by atoms with Gasteiger partial charge in [-0.2, -0.15) is 0 Å². The van der Waals surface area contributed by atoms with Crippen LogP contribution in [-0.4, -0.2) is 96.7 Å². The number of phosphoric acid groups is 2. The summed E-state index contributed by atoms with van der Waals surface area (Å²) in [5.74, 6) is 0.188. The highest BCUT2D eigenvalue weighted by Crippen LogP contribution is 2.45. The molecular weight excluding hydrogens is 1190 g/mol. The number of rotatable bonds is 69. The average Bonchev–Trinajstić information content (AvgIpc) is 2.95. The highest BCUT2D eigenvalue weighted by Gasteiger charge is 2.30. The van der Waals surface area contributed by atoms with Gasteiger partial charge in [0.05, 0.1) is 26.4 Å². The van der Waals surface area contributed by atoms with E-state index in [1.165, 1.54) is 167 Å². The molecule has 0 spiro atoms. The SMILES string of the molecule is CCCCCCCCCCCC(=O)OC[C@H](COP(=O)(O)OC[C@H](O)COP(=O)(O)OC[C@@H](COC(=O)CCCCCCCCCCCCC(C)C)OC(=O)CCCCCCCCCCCCCCCC(C)C)OC(=O)CCCCCCCCCCC(C)CC.